The van der Waals surface area contributed by atoms with Gasteiger partial charge in [0.2, 0.25) is 0 Å². The molecule has 2 nitrogen and oxygen atoms in total. The summed E-state index contributed by atoms with van der Waals surface area (Å²) in [5.74, 6) is 1.33. The summed E-state index contributed by atoms with van der Waals surface area (Å²) in [4.78, 5) is 11.1. The molecular formula is C24H45NOSiTi. The van der Waals surface area contributed by atoms with Gasteiger partial charge < -0.3 is 31.8 Å². The van der Waals surface area contributed by atoms with Crippen LogP contribution in [0.3, 0.4) is 0 Å². The Bertz CT molecular complexity index is 395. The van der Waals surface area contributed by atoms with Crippen molar-refractivity contribution < 1.29 is 26.5 Å². The molecule has 2 fully saturated rings. The number of rotatable bonds is 1. The Morgan fingerprint density at radius 3 is 1.71 bits per heavy atom. The first kappa shape index (κ1) is 32.5. The Labute approximate surface area is 195 Å². The van der Waals surface area contributed by atoms with Gasteiger partial charge in [-0.2, -0.15) is 6.42 Å². The van der Waals surface area contributed by atoms with E-state index in [1.807, 2.05) is 0 Å². The zero-order valence-corrected chi connectivity index (χ0v) is 19.3. The summed E-state index contributed by atoms with van der Waals surface area (Å²) in [7, 11) is 0. The van der Waals surface area contributed by atoms with Crippen molar-refractivity contribution in [1.82, 2.24) is 0 Å². The molecule has 0 aromatic rings. The van der Waals surface area contributed by atoms with Crippen LogP contribution in [0.25, 0.3) is 5.73 Å². The van der Waals surface area contributed by atoms with Crippen LogP contribution in [0.5, 0.6) is 0 Å². The Kier molecular flexibility index (Phi) is 23.4. The number of nitrogens with one attached hydrogen (secondary N) is 1. The van der Waals surface area contributed by atoms with Crippen molar-refractivity contribution in [3.05, 3.63) is 51.3 Å². The fraction of sp³-hybridized carbons (Fsp3) is 0.667. The van der Waals surface area contributed by atoms with Crippen LogP contribution < -0.4 is 0 Å². The average Bonchev–Trinajstić information content (AvgIpc) is 3.04. The van der Waals surface area contributed by atoms with Gasteiger partial charge in [0.05, 0.1) is 5.91 Å². The molecule has 3 aliphatic rings. The molecule has 0 spiro atoms. The third-order valence-corrected chi connectivity index (χ3v) is 5.71. The first-order valence-electron chi connectivity index (χ1n) is 10.2. The van der Waals surface area contributed by atoms with Crippen molar-refractivity contribution in [3.63, 3.8) is 0 Å². The molecule has 0 bridgehead atoms. The number of amides is 1. The van der Waals surface area contributed by atoms with E-state index in [4.69, 9.17) is 5.73 Å². The van der Waals surface area contributed by atoms with E-state index < -0.39 is 0 Å². The zero-order valence-electron chi connectivity index (χ0n) is 17.7. The fourth-order valence-corrected chi connectivity index (χ4v) is 4.12. The van der Waals surface area contributed by atoms with Gasteiger partial charge in [0.25, 0.3) is 0 Å². The van der Waals surface area contributed by atoms with Crippen LogP contribution in [0.15, 0.2) is 24.3 Å². The summed E-state index contributed by atoms with van der Waals surface area (Å²) < 4.78 is 0. The molecule has 0 aromatic heterocycles. The molecule has 3 rings (SSSR count). The third kappa shape index (κ3) is 13.2. The molecule has 0 aromatic carbocycles. The zero-order chi connectivity index (χ0) is 17.0. The molecule has 28 heavy (non-hydrogen) atoms. The average molecular weight is 440 g/mol. The van der Waals surface area contributed by atoms with Crippen LogP contribution in [0.2, 0.25) is 0 Å². The molecule has 0 radical (unpaired) electrons. The van der Waals surface area contributed by atoms with Crippen LogP contribution in [-0.4, -0.2) is 16.9 Å². The molecule has 2 atom stereocenters. The number of allylic oxidation sites excluding steroid dienone is 4. The summed E-state index contributed by atoms with van der Waals surface area (Å²) in [6, 6.07) is 0. The summed E-state index contributed by atoms with van der Waals surface area (Å²) in [5, 5.41) is 0. The topological polar surface area (TPSA) is 40.9 Å². The van der Waals surface area contributed by atoms with Gasteiger partial charge in [0, 0.05) is 5.92 Å². The number of carbonyl (C=O) groups is 1. The smallest absolute Gasteiger partial charge is 0.668 e. The quantitative estimate of drug-likeness (QED) is 0.350. The fourth-order valence-electron chi connectivity index (χ4n) is 4.12. The van der Waals surface area contributed by atoms with Crippen molar-refractivity contribution in [3.8, 4) is 0 Å². The number of hydrogen-bond acceptors (Lipinski definition) is 1. The Morgan fingerprint density at radius 1 is 0.786 bits per heavy atom. The van der Waals surface area contributed by atoms with E-state index in [0.29, 0.717) is 0 Å². The van der Waals surface area contributed by atoms with E-state index in [1.165, 1.54) is 57.8 Å². The maximum atomic E-state index is 11.1. The maximum Gasteiger partial charge on any atom is 4.00 e. The molecule has 2 unspecified atom stereocenters. The van der Waals surface area contributed by atoms with Gasteiger partial charge in [-0.15, -0.1) is 12.0 Å². The molecule has 2 saturated carbocycles. The molecule has 4 heteroatoms. The molecule has 3 aliphatic carbocycles. The van der Waals surface area contributed by atoms with Crippen LogP contribution in [-0.2, 0) is 26.5 Å². The number of carbonyl (C=O) groups excluding carboxylic acids is 1. The first-order valence-corrected chi connectivity index (χ1v) is 10.2. The summed E-state index contributed by atoms with van der Waals surface area (Å²) >= 11 is 0. The van der Waals surface area contributed by atoms with E-state index >= 15 is 0 Å². The van der Waals surface area contributed by atoms with Gasteiger partial charge in [-0.05, 0) is 29.7 Å². The van der Waals surface area contributed by atoms with Gasteiger partial charge in [0.15, 0.2) is 0 Å². The number of fused-ring (bicyclic) bond motifs is 1. The Hall–Kier alpha value is -0.119. The molecule has 160 valence electrons. The van der Waals surface area contributed by atoms with E-state index in [9.17, 15) is 4.79 Å². The molecular weight excluding hydrogens is 394 g/mol. The van der Waals surface area contributed by atoms with Crippen molar-refractivity contribution >= 4 is 16.9 Å². The minimum absolute atomic E-state index is 0. The molecule has 0 saturated heterocycles. The predicted molar refractivity (Wildman–Crippen MR) is 127 cm³/mol. The van der Waals surface area contributed by atoms with Gasteiger partial charge in [0.1, 0.15) is 0 Å². The standard InChI is InChI=1S/C13H25NO.C9H11.2CH3.H4Si.Ti/c14-13(15)12-10-8-6-4-2-1-3-5-7-9-11-12;1-2-5-9-7-3-6-8(9)4-1;;;;/h12H,1-11H2,(H2,14,15);1-2,4-6,8-9H,3,7H2;2*1H3;1H4;/q;3*-1;;+4/p-1. The minimum atomic E-state index is -0.327. The second-order valence-corrected chi connectivity index (χ2v) is 7.64. The van der Waals surface area contributed by atoms with E-state index in [2.05, 4.69) is 30.7 Å². The predicted octanol–water partition coefficient (Wildman–Crippen LogP) is 6.28. The molecule has 1 N–H and O–H groups in total. The number of hydrogen-bond donors (Lipinski definition) is 0. The van der Waals surface area contributed by atoms with Crippen LogP contribution in [0.4, 0.5) is 0 Å². The molecule has 1 amide bonds. The molecule has 0 aliphatic heterocycles. The normalized spacial score (nSPS) is 24.7. The Morgan fingerprint density at radius 2 is 1.25 bits per heavy atom. The Balaban J connectivity index is -0.000000420. The van der Waals surface area contributed by atoms with Crippen LogP contribution in [0, 0.1) is 39.0 Å². The van der Waals surface area contributed by atoms with Crippen LogP contribution in [0.1, 0.15) is 83.5 Å². The van der Waals surface area contributed by atoms with E-state index in [-0.39, 0.29) is 59.4 Å². The van der Waals surface area contributed by atoms with E-state index in [0.717, 1.165) is 37.5 Å². The molecule has 0 heterocycles. The van der Waals surface area contributed by atoms with Crippen LogP contribution >= 0.6 is 0 Å². The van der Waals surface area contributed by atoms with Crippen molar-refractivity contribution in [2.75, 3.05) is 0 Å². The van der Waals surface area contributed by atoms with Gasteiger partial charge in [-0.1, -0.05) is 82.4 Å². The van der Waals surface area contributed by atoms with Crippen molar-refractivity contribution in [1.29, 1.82) is 0 Å². The second-order valence-electron chi connectivity index (χ2n) is 7.64. The van der Waals surface area contributed by atoms with Crippen molar-refractivity contribution in [2.45, 2.75) is 83.5 Å². The maximum absolute atomic E-state index is 11.1. The minimum Gasteiger partial charge on any atom is -0.668 e. The summed E-state index contributed by atoms with van der Waals surface area (Å²) in [6.07, 6.45) is 27.5. The third-order valence-electron chi connectivity index (χ3n) is 5.71. The first-order chi connectivity index (χ1) is 11.8. The largest absolute Gasteiger partial charge is 4.00 e. The van der Waals surface area contributed by atoms with Crippen molar-refractivity contribution in [2.24, 2.45) is 17.8 Å². The van der Waals surface area contributed by atoms with Gasteiger partial charge >= 0.3 is 21.7 Å². The van der Waals surface area contributed by atoms with Gasteiger partial charge in [-0.3, -0.25) is 0 Å². The SMILES string of the molecule is C1=CC2[CH-]CCC2C=C1.[CH3-].[CH3-].[NH-]C(=O)C1CCCCCCCCCCC1.[SiH4].[Ti+4]. The summed E-state index contributed by atoms with van der Waals surface area (Å²) in [6.45, 7) is 0. The second kappa shape index (κ2) is 20.2. The van der Waals surface area contributed by atoms with Gasteiger partial charge in [-0.25, -0.2) is 0 Å². The van der Waals surface area contributed by atoms with E-state index in [1.54, 1.807) is 0 Å². The summed E-state index contributed by atoms with van der Waals surface area (Å²) in [5.41, 5.74) is 7.23. The monoisotopic (exact) mass is 439 g/mol.